The largest absolute Gasteiger partial charge is 0.389 e. The van der Waals surface area contributed by atoms with Crippen LogP contribution in [0.15, 0.2) is 42.7 Å². The smallest absolute Gasteiger partial charge is 0.0761 e. The Morgan fingerprint density at radius 2 is 2.00 bits per heavy atom. The van der Waals surface area contributed by atoms with Gasteiger partial charge in [0.05, 0.1) is 11.8 Å². The third-order valence-electron chi connectivity index (χ3n) is 2.14. The minimum absolute atomic E-state index is 0.415. The molecule has 0 aliphatic heterocycles. The zero-order valence-electron chi connectivity index (χ0n) is 7.96. The predicted octanol–water partition coefficient (Wildman–Crippen LogP) is 1.93. The fourth-order valence-corrected chi connectivity index (χ4v) is 1.33. The van der Waals surface area contributed by atoms with Crippen LogP contribution in [0.2, 0.25) is 0 Å². The summed E-state index contributed by atoms with van der Waals surface area (Å²) in [5.41, 5.74) is 1.92. The van der Waals surface area contributed by atoms with Gasteiger partial charge in [0.15, 0.2) is 0 Å². The maximum Gasteiger partial charge on any atom is 0.0761 e. The van der Waals surface area contributed by atoms with E-state index in [1.54, 1.807) is 17.8 Å². The van der Waals surface area contributed by atoms with E-state index in [4.69, 9.17) is 0 Å². The van der Waals surface area contributed by atoms with E-state index in [2.05, 4.69) is 5.10 Å². The van der Waals surface area contributed by atoms with Crippen molar-refractivity contribution in [1.82, 2.24) is 9.78 Å². The van der Waals surface area contributed by atoms with Crippen LogP contribution in [0.4, 0.5) is 0 Å². The van der Waals surface area contributed by atoms with Crippen molar-refractivity contribution in [3.63, 3.8) is 0 Å². The van der Waals surface area contributed by atoms with Crippen molar-refractivity contribution < 1.29 is 5.11 Å². The van der Waals surface area contributed by atoms with Gasteiger partial charge in [-0.2, -0.15) is 5.10 Å². The molecule has 1 heterocycles. The highest BCUT2D eigenvalue weighted by Crippen LogP contribution is 2.14. The second kappa shape index (κ2) is 3.64. The average molecular weight is 188 g/mol. The number of aromatic nitrogens is 2. The van der Waals surface area contributed by atoms with Gasteiger partial charge in [-0.1, -0.05) is 12.1 Å². The standard InChI is InChI=1S/C11H12N2O/c1-9(14)10-3-5-11(6-4-10)13-8-2-7-12-13/h2-9,14H,1H3/t9-/m1/s1. The summed E-state index contributed by atoms with van der Waals surface area (Å²) in [7, 11) is 0. The Balaban J connectivity index is 2.31. The van der Waals surface area contributed by atoms with Crippen molar-refractivity contribution >= 4 is 0 Å². The van der Waals surface area contributed by atoms with E-state index in [9.17, 15) is 5.11 Å². The molecule has 0 amide bonds. The highest BCUT2D eigenvalue weighted by atomic mass is 16.3. The second-order valence-corrected chi connectivity index (χ2v) is 3.22. The zero-order valence-corrected chi connectivity index (χ0v) is 7.96. The molecule has 1 aromatic carbocycles. The van der Waals surface area contributed by atoms with Gasteiger partial charge < -0.3 is 5.11 Å². The molecule has 3 nitrogen and oxygen atoms in total. The van der Waals surface area contributed by atoms with E-state index in [1.165, 1.54) is 0 Å². The molecule has 1 N–H and O–H groups in total. The Morgan fingerprint density at radius 3 is 2.50 bits per heavy atom. The molecule has 0 bridgehead atoms. The lowest BCUT2D eigenvalue weighted by Crippen LogP contribution is -1.95. The van der Waals surface area contributed by atoms with Gasteiger partial charge in [0, 0.05) is 12.4 Å². The van der Waals surface area contributed by atoms with E-state index in [0.29, 0.717) is 0 Å². The minimum atomic E-state index is -0.415. The third-order valence-corrected chi connectivity index (χ3v) is 2.14. The summed E-state index contributed by atoms with van der Waals surface area (Å²) in [6.45, 7) is 1.75. The lowest BCUT2D eigenvalue weighted by Gasteiger charge is -2.05. The molecule has 2 rings (SSSR count). The Morgan fingerprint density at radius 1 is 1.29 bits per heavy atom. The molecule has 0 radical (unpaired) electrons. The lowest BCUT2D eigenvalue weighted by atomic mass is 10.1. The molecule has 0 fully saturated rings. The normalized spacial score (nSPS) is 12.7. The molecule has 0 saturated carbocycles. The maximum absolute atomic E-state index is 9.32. The van der Waals surface area contributed by atoms with Crippen LogP contribution in [0.25, 0.3) is 5.69 Å². The summed E-state index contributed by atoms with van der Waals surface area (Å²) < 4.78 is 1.78. The van der Waals surface area contributed by atoms with Crippen molar-refractivity contribution in [2.45, 2.75) is 13.0 Å². The van der Waals surface area contributed by atoms with Crippen molar-refractivity contribution in [2.75, 3.05) is 0 Å². The molecular weight excluding hydrogens is 176 g/mol. The highest BCUT2D eigenvalue weighted by Gasteiger charge is 2.00. The van der Waals surface area contributed by atoms with Crippen LogP contribution < -0.4 is 0 Å². The lowest BCUT2D eigenvalue weighted by molar-refractivity contribution is 0.199. The molecule has 3 heteroatoms. The maximum atomic E-state index is 9.32. The van der Waals surface area contributed by atoms with Crippen LogP contribution in [0, 0.1) is 0 Å². The SMILES string of the molecule is C[C@@H](O)c1ccc(-n2cccn2)cc1. The quantitative estimate of drug-likeness (QED) is 0.782. The summed E-state index contributed by atoms with van der Waals surface area (Å²) in [6.07, 6.45) is 3.21. The first-order chi connectivity index (χ1) is 6.77. The van der Waals surface area contributed by atoms with Crippen LogP contribution >= 0.6 is 0 Å². The topological polar surface area (TPSA) is 38.0 Å². The minimum Gasteiger partial charge on any atom is -0.389 e. The van der Waals surface area contributed by atoms with Crippen LogP contribution in [0.1, 0.15) is 18.6 Å². The fraction of sp³-hybridized carbons (Fsp3) is 0.182. The van der Waals surface area contributed by atoms with Gasteiger partial charge in [-0.25, -0.2) is 4.68 Å². The molecule has 0 aliphatic rings. The average Bonchev–Trinajstić information content (AvgIpc) is 2.71. The summed E-state index contributed by atoms with van der Waals surface area (Å²) in [5.74, 6) is 0. The number of rotatable bonds is 2. The first kappa shape index (κ1) is 8.97. The number of benzene rings is 1. The van der Waals surface area contributed by atoms with E-state index < -0.39 is 6.10 Å². The van der Waals surface area contributed by atoms with Crippen molar-refractivity contribution in [1.29, 1.82) is 0 Å². The molecule has 1 atom stereocenters. The van der Waals surface area contributed by atoms with Gasteiger partial charge in [0.2, 0.25) is 0 Å². The van der Waals surface area contributed by atoms with Crippen LogP contribution in [0.3, 0.4) is 0 Å². The number of nitrogens with zero attached hydrogens (tertiary/aromatic N) is 2. The summed E-state index contributed by atoms with van der Waals surface area (Å²) >= 11 is 0. The Bertz CT molecular complexity index is 390. The molecule has 14 heavy (non-hydrogen) atoms. The van der Waals surface area contributed by atoms with Gasteiger partial charge in [-0.15, -0.1) is 0 Å². The monoisotopic (exact) mass is 188 g/mol. The van der Waals surface area contributed by atoms with E-state index in [0.717, 1.165) is 11.3 Å². The van der Waals surface area contributed by atoms with E-state index in [1.807, 2.05) is 36.5 Å². The molecule has 1 aromatic heterocycles. The molecule has 72 valence electrons. The molecular formula is C11H12N2O. The number of aliphatic hydroxyl groups excluding tert-OH is 1. The van der Waals surface area contributed by atoms with Gasteiger partial charge in [-0.05, 0) is 30.7 Å². The molecule has 0 saturated heterocycles. The molecule has 0 spiro atoms. The fourth-order valence-electron chi connectivity index (χ4n) is 1.33. The number of hydrogen-bond acceptors (Lipinski definition) is 2. The third kappa shape index (κ3) is 1.67. The summed E-state index contributed by atoms with van der Waals surface area (Å²) in [4.78, 5) is 0. The Hall–Kier alpha value is -1.61. The second-order valence-electron chi connectivity index (χ2n) is 3.22. The van der Waals surface area contributed by atoms with Gasteiger partial charge >= 0.3 is 0 Å². The molecule has 0 aliphatic carbocycles. The van der Waals surface area contributed by atoms with Crippen molar-refractivity contribution in [3.05, 3.63) is 48.3 Å². The Labute approximate surface area is 82.6 Å². The first-order valence-corrected chi connectivity index (χ1v) is 4.55. The first-order valence-electron chi connectivity index (χ1n) is 4.55. The summed E-state index contributed by atoms with van der Waals surface area (Å²) in [6, 6.07) is 9.57. The zero-order chi connectivity index (χ0) is 9.97. The van der Waals surface area contributed by atoms with E-state index >= 15 is 0 Å². The Kier molecular flexibility index (Phi) is 2.33. The van der Waals surface area contributed by atoms with Crippen LogP contribution in [-0.4, -0.2) is 14.9 Å². The van der Waals surface area contributed by atoms with E-state index in [-0.39, 0.29) is 0 Å². The van der Waals surface area contributed by atoms with Crippen molar-refractivity contribution in [2.24, 2.45) is 0 Å². The number of hydrogen-bond donors (Lipinski definition) is 1. The van der Waals surface area contributed by atoms with Crippen LogP contribution in [0.5, 0.6) is 0 Å². The molecule has 0 unspecified atom stereocenters. The highest BCUT2D eigenvalue weighted by molar-refractivity contribution is 5.34. The van der Waals surface area contributed by atoms with Crippen molar-refractivity contribution in [3.8, 4) is 5.69 Å². The van der Waals surface area contributed by atoms with Gasteiger partial charge in [0.1, 0.15) is 0 Å². The van der Waals surface area contributed by atoms with Gasteiger partial charge in [0.25, 0.3) is 0 Å². The number of aliphatic hydroxyl groups is 1. The summed E-state index contributed by atoms with van der Waals surface area (Å²) in [5, 5.41) is 13.4. The van der Waals surface area contributed by atoms with Crippen LogP contribution in [-0.2, 0) is 0 Å². The molecule has 2 aromatic rings. The predicted molar refractivity (Wildman–Crippen MR) is 54.2 cm³/mol. The van der Waals surface area contributed by atoms with Gasteiger partial charge in [-0.3, -0.25) is 0 Å².